The summed E-state index contributed by atoms with van der Waals surface area (Å²) in [7, 11) is -3.57. The number of aromatic nitrogens is 1. The maximum Gasteiger partial charge on any atom is 0.243 e. The van der Waals surface area contributed by atoms with Crippen LogP contribution in [-0.4, -0.2) is 42.1 Å². The van der Waals surface area contributed by atoms with Crippen LogP contribution in [0, 0.1) is 6.92 Å². The van der Waals surface area contributed by atoms with Gasteiger partial charge in [0.25, 0.3) is 0 Å². The summed E-state index contributed by atoms with van der Waals surface area (Å²) in [6, 6.07) is 10.7. The summed E-state index contributed by atoms with van der Waals surface area (Å²) in [6.07, 6.45) is 4.89. The fourth-order valence-corrected chi connectivity index (χ4v) is 5.52. The molecule has 0 unspecified atom stereocenters. The Morgan fingerprint density at radius 2 is 1.91 bits per heavy atom. The van der Waals surface area contributed by atoms with Gasteiger partial charge in [0.05, 0.1) is 21.8 Å². The number of aryl methyl sites for hydroxylation is 1. The van der Waals surface area contributed by atoms with Crippen LogP contribution in [0.3, 0.4) is 0 Å². The highest BCUT2D eigenvalue weighted by atomic mass is 35.5. The first-order valence-corrected chi connectivity index (χ1v) is 13.0. The highest BCUT2D eigenvalue weighted by Crippen LogP contribution is 2.24. The minimum absolute atomic E-state index is 0.269. The minimum Gasteiger partial charge on any atom is -0.361 e. The number of halogens is 1. The van der Waals surface area contributed by atoms with Crippen LogP contribution in [-0.2, 0) is 10.0 Å². The van der Waals surface area contributed by atoms with Crippen molar-refractivity contribution in [3.05, 3.63) is 58.7 Å². The number of H-pyrrole nitrogens is 1. The Balaban J connectivity index is 1.77. The van der Waals surface area contributed by atoms with Gasteiger partial charge in [-0.25, -0.2) is 8.42 Å². The van der Waals surface area contributed by atoms with E-state index in [0.29, 0.717) is 23.8 Å². The van der Waals surface area contributed by atoms with Gasteiger partial charge in [0.2, 0.25) is 10.0 Å². The van der Waals surface area contributed by atoms with Crippen molar-refractivity contribution in [2.45, 2.75) is 38.5 Å². The standard InChI is InChI=1S/C23H28ClN5O2S2/c1-4-10-29(11-5-2)33(30,31)18-7-9-21-19(13-18)17(14-25-21)15-26-28-23(32)27-22-8-6-16(3)12-20(22)24/h6-9,12-15,25H,4-5,10-11H2,1-3H3,(H2,27,28,32)/b26-15+. The number of fused-ring (bicyclic) bond motifs is 1. The molecule has 1 heterocycles. The van der Waals surface area contributed by atoms with Crippen LogP contribution in [0.4, 0.5) is 5.69 Å². The third-order valence-electron chi connectivity index (χ3n) is 5.01. The Kier molecular flexibility index (Phi) is 8.47. The van der Waals surface area contributed by atoms with Crippen molar-refractivity contribution in [2.24, 2.45) is 5.10 Å². The van der Waals surface area contributed by atoms with Gasteiger partial charge in [0, 0.05) is 35.8 Å². The van der Waals surface area contributed by atoms with Crippen molar-refractivity contribution in [3.63, 3.8) is 0 Å². The Morgan fingerprint density at radius 3 is 2.58 bits per heavy atom. The molecule has 10 heteroatoms. The van der Waals surface area contributed by atoms with Crippen molar-refractivity contribution in [1.29, 1.82) is 0 Å². The van der Waals surface area contributed by atoms with Gasteiger partial charge in [-0.3, -0.25) is 5.43 Å². The molecular weight excluding hydrogens is 478 g/mol. The van der Waals surface area contributed by atoms with Gasteiger partial charge in [-0.1, -0.05) is 31.5 Å². The summed E-state index contributed by atoms with van der Waals surface area (Å²) < 4.78 is 27.8. The van der Waals surface area contributed by atoms with Gasteiger partial charge in [-0.15, -0.1) is 0 Å². The lowest BCUT2D eigenvalue weighted by Crippen LogP contribution is -2.32. The highest BCUT2D eigenvalue weighted by molar-refractivity contribution is 7.89. The van der Waals surface area contributed by atoms with Gasteiger partial charge in [-0.05, 0) is 67.9 Å². The molecule has 3 aromatic rings. The second kappa shape index (κ2) is 11.1. The number of nitrogens with one attached hydrogen (secondary N) is 3. The second-order valence-electron chi connectivity index (χ2n) is 7.66. The van der Waals surface area contributed by atoms with Gasteiger partial charge in [0.15, 0.2) is 5.11 Å². The van der Waals surface area contributed by atoms with Crippen LogP contribution in [0.1, 0.15) is 37.8 Å². The van der Waals surface area contributed by atoms with E-state index in [1.807, 2.05) is 39.0 Å². The van der Waals surface area contributed by atoms with E-state index in [1.165, 1.54) is 4.31 Å². The average Bonchev–Trinajstić information content (AvgIpc) is 3.18. The number of thiocarbonyl (C=S) groups is 1. The first-order chi connectivity index (χ1) is 15.8. The number of anilines is 1. The number of hydrazone groups is 1. The molecule has 0 spiro atoms. The van der Waals surface area contributed by atoms with E-state index in [0.717, 1.165) is 34.9 Å². The SMILES string of the molecule is CCCN(CCC)S(=O)(=O)c1ccc2[nH]cc(/C=N/NC(=S)Nc3ccc(C)cc3Cl)c2c1. The molecule has 33 heavy (non-hydrogen) atoms. The van der Waals surface area contributed by atoms with Gasteiger partial charge in [-0.2, -0.15) is 9.41 Å². The van der Waals surface area contributed by atoms with Gasteiger partial charge in [0.1, 0.15) is 0 Å². The van der Waals surface area contributed by atoms with Gasteiger partial charge >= 0.3 is 0 Å². The van der Waals surface area contributed by atoms with E-state index in [4.69, 9.17) is 23.8 Å². The summed E-state index contributed by atoms with van der Waals surface area (Å²) in [5.74, 6) is 0. The fraction of sp³-hybridized carbons (Fsp3) is 0.304. The monoisotopic (exact) mass is 505 g/mol. The van der Waals surface area contributed by atoms with Crippen molar-refractivity contribution < 1.29 is 8.42 Å². The molecule has 3 rings (SSSR count). The van der Waals surface area contributed by atoms with E-state index in [-0.39, 0.29) is 10.0 Å². The van der Waals surface area contributed by atoms with E-state index >= 15 is 0 Å². The molecule has 1 aromatic heterocycles. The molecule has 0 radical (unpaired) electrons. The van der Waals surface area contributed by atoms with Crippen LogP contribution in [0.2, 0.25) is 5.02 Å². The molecule has 176 valence electrons. The zero-order valence-electron chi connectivity index (χ0n) is 18.9. The molecule has 0 atom stereocenters. The molecule has 3 N–H and O–H groups in total. The Labute approximate surface area is 205 Å². The van der Waals surface area contributed by atoms with Crippen LogP contribution < -0.4 is 10.7 Å². The zero-order valence-corrected chi connectivity index (χ0v) is 21.2. The Hall–Kier alpha value is -2.46. The number of sulfonamides is 1. The fourth-order valence-electron chi connectivity index (χ4n) is 3.42. The van der Waals surface area contributed by atoms with E-state index < -0.39 is 10.0 Å². The number of aromatic amines is 1. The lowest BCUT2D eigenvalue weighted by Gasteiger charge is -2.21. The molecule has 0 saturated carbocycles. The predicted molar refractivity (Wildman–Crippen MR) is 141 cm³/mol. The summed E-state index contributed by atoms with van der Waals surface area (Å²) in [5, 5.41) is 8.80. The quantitative estimate of drug-likeness (QED) is 0.209. The normalized spacial score (nSPS) is 12.0. The average molecular weight is 506 g/mol. The number of nitrogens with zero attached hydrogens (tertiary/aromatic N) is 2. The molecule has 0 aliphatic heterocycles. The van der Waals surface area contributed by atoms with Crippen molar-refractivity contribution in [1.82, 2.24) is 14.7 Å². The number of hydrogen-bond acceptors (Lipinski definition) is 4. The molecule has 0 aliphatic rings. The largest absolute Gasteiger partial charge is 0.361 e. The summed E-state index contributed by atoms with van der Waals surface area (Å²) >= 11 is 11.5. The smallest absolute Gasteiger partial charge is 0.243 e. The Bertz CT molecular complexity index is 1270. The van der Waals surface area contributed by atoms with Crippen LogP contribution in [0.25, 0.3) is 10.9 Å². The molecule has 0 fully saturated rings. The molecule has 2 aromatic carbocycles. The molecule has 0 bridgehead atoms. The number of rotatable bonds is 9. The van der Waals surface area contributed by atoms with Crippen molar-refractivity contribution in [3.8, 4) is 0 Å². The Morgan fingerprint density at radius 1 is 1.18 bits per heavy atom. The summed E-state index contributed by atoms with van der Waals surface area (Å²) in [4.78, 5) is 3.41. The first kappa shape index (κ1) is 25.2. The maximum atomic E-state index is 13.1. The van der Waals surface area contributed by atoms with Crippen molar-refractivity contribution in [2.75, 3.05) is 18.4 Å². The molecular formula is C23H28ClN5O2S2. The van der Waals surface area contributed by atoms with E-state index in [1.54, 1.807) is 30.6 Å². The second-order valence-corrected chi connectivity index (χ2v) is 10.4. The van der Waals surface area contributed by atoms with E-state index in [9.17, 15) is 8.42 Å². The zero-order chi connectivity index (χ0) is 24.0. The topological polar surface area (TPSA) is 89.6 Å². The van der Waals surface area contributed by atoms with Crippen molar-refractivity contribution >= 4 is 61.8 Å². The van der Waals surface area contributed by atoms with Gasteiger partial charge < -0.3 is 10.3 Å². The summed E-state index contributed by atoms with van der Waals surface area (Å²) in [6.45, 7) is 6.89. The van der Waals surface area contributed by atoms with Crippen LogP contribution in [0.5, 0.6) is 0 Å². The first-order valence-electron chi connectivity index (χ1n) is 10.7. The lowest BCUT2D eigenvalue weighted by atomic mass is 10.2. The predicted octanol–water partition coefficient (Wildman–Crippen LogP) is 5.26. The minimum atomic E-state index is -3.57. The lowest BCUT2D eigenvalue weighted by molar-refractivity contribution is 0.410. The maximum absolute atomic E-state index is 13.1. The molecule has 0 aliphatic carbocycles. The third kappa shape index (κ3) is 6.11. The van der Waals surface area contributed by atoms with E-state index in [2.05, 4.69) is 20.8 Å². The summed E-state index contributed by atoms with van der Waals surface area (Å²) in [5.41, 5.74) is 6.05. The molecule has 0 saturated heterocycles. The van der Waals surface area contributed by atoms with Crippen LogP contribution >= 0.6 is 23.8 Å². The van der Waals surface area contributed by atoms with Crippen LogP contribution in [0.15, 0.2) is 52.6 Å². The number of benzene rings is 2. The highest BCUT2D eigenvalue weighted by Gasteiger charge is 2.23. The molecule has 7 nitrogen and oxygen atoms in total. The number of hydrogen-bond donors (Lipinski definition) is 3. The third-order valence-corrected chi connectivity index (χ3v) is 7.41. The molecule has 0 amide bonds.